The molecular formula is C7H14N2O4S. The molecule has 0 aliphatic carbocycles. The number of rotatable bonds is 7. The van der Waals surface area contributed by atoms with Crippen LogP contribution in [0.25, 0.3) is 0 Å². The van der Waals surface area contributed by atoms with Crippen LogP contribution in [0, 0.1) is 0 Å². The number of nitrogens with two attached hydrogens (primary N) is 1. The molecule has 1 unspecified atom stereocenters. The van der Waals surface area contributed by atoms with Gasteiger partial charge in [-0.15, -0.1) is 0 Å². The van der Waals surface area contributed by atoms with Crippen LogP contribution in [-0.2, 0) is 9.59 Å². The Hall–Kier alpha value is -0.790. The maximum absolute atomic E-state index is 10.5. The fourth-order valence-corrected chi connectivity index (χ4v) is 1.74. The van der Waals surface area contributed by atoms with E-state index in [1.165, 1.54) is 18.8 Å². The molecule has 0 spiro atoms. The van der Waals surface area contributed by atoms with Gasteiger partial charge in [0.15, 0.2) is 0 Å². The molecule has 0 aliphatic rings. The first-order chi connectivity index (χ1) is 6.49. The number of carboxylic acids is 2. The first-order valence-electron chi connectivity index (χ1n) is 3.95. The zero-order chi connectivity index (χ0) is 11.1. The van der Waals surface area contributed by atoms with E-state index in [0.717, 1.165) is 0 Å². The van der Waals surface area contributed by atoms with E-state index in [2.05, 4.69) is 5.32 Å². The van der Waals surface area contributed by atoms with Crippen LogP contribution in [0.1, 0.15) is 0 Å². The SMILES string of the molecule is CN[C@@H](CSCC(N)C(=O)O)C(=O)O. The minimum atomic E-state index is -1.08. The molecule has 0 bridgehead atoms. The first-order valence-corrected chi connectivity index (χ1v) is 5.10. The number of hydrogen-bond donors (Lipinski definition) is 4. The maximum Gasteiger partial charge on any atom is 0.321 e. The molecule has 2 atom stereocenters. The van der Waals surface area contributed by atoms with Crippen LogP contribution >= 0.6 is 11.8 Å². The van der Waals surface area contributed by atoms with Crippen molar-refractivity contribution in [3.05, 3.63) is 0 Å². The molecule has 0 aliphatic heterocycles. The number of hydrogen-bond acceptors (Lipinski definition) is 5. The second-order valence-electron chi connectivity index (χ2n) is 2.66. The highest BCUT2D eigenvalue weighted by atomic mass is 32.2. The highest BCUT2D eigenvalue weighted by molar-refractivity contribution is 7.99. The highest BCUT2D eigenvalue weighted by Gasteiger charge is 2.17. The van der Waals surface area contributed by atoms with Gasteiger partial charge in [0.2, 0.25) is 0 Å². The van der Waals surface area contributed by atoms with Crippen molar-refractivity contribution in [2.45, 2.75) is 12.1 Å². The summed E-state index contributed by atoms with van der Waals surface area (Å²) in [5.74, 6) is -1.52. The van der Waals surface area contributed by atoms with Crippen LogP contribution in [0.5, 0.6) is 0 Å². The third kappa shape index (κ3) is 5.05. The fourth-order valence-electron chi connectivity index (χ4n) is 0.662. The van der Waals surface area contributed by atoms with E-state index >= 15 is 0 Å². The van der Waals surface area contributed by atoms with Crippen molar-refractivity contribution in [3.63, 3.8) is 0 Å². The van der Waals surface area contributed by atoms with Crippen molar-refractivity contribution in [1.29, 1.82) is 0 Å². The Morgan fingerprint density at radius 2 is 1.93 bits per heavy atom. The van der Waals surface area contributed by atoms with Crippen LogP contribution in [0.3, 0.4) is 0 Å². The zero-order valence-electron chi connectivity index (χ0n) is 7.77. The minimum absolute atomic E-state index is 0.209. The minimum Gasteiger partial charge on any atom is -0.480 e. The van der Waals surface area contributed by atoms with Gasteiger partial charge in [-0.3, -0.25) is 9.59 Å². The topological polar surface area (TPSA) is 113 Å². The zero-order valence-corrected chi connectivity index (χ0v) is 8.58. The summed E-state index contributed by atoms with van der Waals surface area (Å²) < 4.78 is 0. The number of nitrogens with one attached hydrogen (secondary N) is 1. The molecule has 0 aromatic rings. The molecular weight excluding hydrogens is 208 g/mol. The molecule has 0 saturated carbocycles. The fraction of sp³-hybridized carbons (Fsp3) is 0.714. The molecule has 0 heterocycles. The molecule has 82 valence electrons. The molecule has 0 amide bonds. The van der Waals surface area contributed by atoms with Crippen molar-refractivity contribution in [1.82, 2.24) is 5.32 Å². The Morgan fingerprint density at radius 3 is 2.29 bits per heavy atom. The average Bonchev–Trinajstić information content (AvgIpc) is 2.11. The molecule has 7 heteroatoms. The summed E-state index contributed by atoms with van der Waals surface area (Å²) in [5, 5.41) is 19.7. The molecule has 0 fully saturated rings. The van der Waals surface area contributed by atoms with Gasteiger partial charge in [-0.05, 0) is 7.05 Å². The van der Waals surface area contributed by atoms with Crippen LogP contribution in [0.15, 0.2) is 0 Å². The van der Waals surface area contributed by atoms with Gasteiger partial charge in [0.1, 0.15) is 12.1 Å². The van der Waals surface area contributed by atoms with E-state index in [-0.39, 0.29) is 5.75 Å². The molecule has 5 N–H and O–H groups in total. The van der Waals surface area contributed by atoms with Gasteiger partial charge in [0.25, 0.3) is 0 Å². The standard InChI is InChI=1S/C7H14N2O4S/c1-9-5(7(12)13)3-14-2-4(8)6(10)11/h4-5,9H,2-3,8H2,1H3,(H,10,11)(H,12,13)/t4?,5-/m0/s1. The van der Waals surface area contributed by atoms with Gasteiger partial charge in [-0.2, -0.15) is 11.8 Å². The van der Waals surface area contributed by atoms with E-state index in [4.69, 9.17) is 15.9 Å². The van der Waals surface area contributed by atoms with Crippen molar-refractivity contribution in [3.8, 4) is 0 Å². The lowest BCUT2D eigenvalue weighted by atomic mass is 10.3. The summed E-state index contributed by atoms with van der Waals surface area (Å²) in [6.45, 7) is 0. The van der Waals surface area contributed by atoms with Gasteiger partial charge >= 0.3 is 11.9 Å². The van der Waals surface area contributed by atoms with Gasteiger partial charge in [0, 0.05) is 11.5 Å². The Bertz CT molecular complexity index is 212. The molecule has 0 rings (SSSR count). The monoisotopic (exact) mass is 222 g/mol. The first kappa shape index (κ1) is 13.2. The second-order valence-corrected chi connectivity index (χ2v) is 3.74. The van der Waals surface area contributed by atoms with E-state index in [0.29, 0.717) is 5.75 Å². The summed E-state index contributed by atoms with van der Waals surface area (Å²) >= 11 is 1.20. The lowest BCUT2D eigenvalue weighted by Crippen LogP contribution is -2.38. The van der Waals surface area contributed by atoms with Crippen LogP contribution < -0.4 is 11.1 Å². The summed E-state index contributed by atoms with van der Waals surface area (Å²) in [4.78, 5) is 20.8. The number of thioether (sulfide) groups is 1. The predicted molar refractivity (Wildman–Crippen MR) is 53.4 cm³/mol. The number of carbonyl (C=O) groups is 2. The molecule has 14 heavy (non-hydrogen) atoms. The largest absolute Gasteiger partial charge is 0.480 e. The van der Waals surface area contributed by atoms with Crippen LogP contribution in [0.2, 0.25) is 0 Å². The Morgan fingerprint density at radius 1 is 1.36 bits per heavy atom. The van der Waals surface area contributed by atoms with Gasteiger partial charge in [-0.1, -0.05) is 0 Å². The van der Waals surface area contributed by atoms with Gasteiger partial charge in [0.05, 0.1) is 0 Å². The average molecular weight is 222 g/mol. The maximum atomic E-state index is 10.5. The Balaban J connectivity index is 3.71. The van der Waals surface area contributed by atoms with Crippen LogP contribution in [0.4, 0.5) is 0 Å². The third-order valence-corrected chi connectivity index (χ3v) is 2.71. The summed E-state index contributed by atoms with van der Waals surface area (Å²) in [6.07, 6.45) is 0. The molecule has 0 aromatic heterocycles. The van der Waals surface area contributed by atoms with Gasteiger partial charge in [-0.25, -0.2) is 0 Å². The molecule has 0 radical (unpaired) electrons. The van der Waals surface area contributed by atoms with Gasteiger partial charge < -0.3 is 21.3 Å². The smallest absolute Gasteiger partial charge is 0.321 e. The quantitative estimate of drug-likeness (QED) is 0.428. The molecule has 6 nitrogen and oxygen atoms in total. The van der Waals surface area contributed by atoms with Crippen molar-refractivity contribution in [2.24, 2.45) is 5.73 Å². The third-order valence-electron chi connectivity index (χ3n) is 1.55. The van der Waals surface area contributed by atoms with Crippen molar-refractivity contribution < 1.29 is 19.8 Å². The van der Waals surface area contributed by atoms with E-state index < -0.39 is 24.0 Å². The normalized spacial score (nSPS) is 14.7. The summed E-state index contributed by atoms with van der Waals surface area (Å²) in [7, 11) is 1.54. The lowest BCUT2D eigenvalue weighted by Gasteiger charge is -2.11. The number of carboxylic acid groups (broad SMARTS) is 2. The summed E-state index contributed by atoms with van der Waals surface area (Å²) in [6, 6.07) is -1.60. The highest BCUT2D eigenvalue weighted by Crippen LogP contribution is 2.04. The van der Waals surface area contributed by atoms with E-state index in [1.807, 2.05) is 0 Å². The number of likely N-dealkylation sites (N-methyl/N-ethyl adjacent to an activating group) is 1. The molecule has 0 saturated heterocycles. The number of aliphatic carboxylic acids is 2. The summed E-state index contributed by atoms with van der Waals surface area (Å²) in [5.41, 5.74) is 5.23. The van der Waals surface area contributed by atoms with Crippen molar-refractivity contribution in [2.75, 3.05) is 18.6 Å². The lowest BCUT2D eigenvalue weighted by molar-refractivity contribution is -0.139. The van der Waals surface area contributed by atoms with E-state index in [9.17, 15) is 9.59 Å². The van der Waals surface area contributed by atoms with Crippen LogP contribution in [-0.4, -0.2) is 52.8 Å². The second kappa shape index (κ2) is 6.63. The Kier molecular flexibility index (Phi) is 6.26. The van der Waals surface area contributed by atoms with Crippen molar-refractivity contribution >= 4 is 23.7 Å². The molecule has 0 aromatic carbocycles. The van der Waals surface area contributed by atoms with E-state index in [1.54, 1.807) is 0 Å². The predicted octanol–water partition coefficient (Wildman–Crippen LogP) is -1.20. The Labute approximate surface area is 85.9 Å².